The third-order valence-electron chi connectivity index (χ3n) is 3.00. The largest absolute Gasteiger partial charge is 0.444 e. The van der Waals surface area contributed by atoms with E-state index in [-0.39, 0.29) is 12.5 Å². The van der Waals surface area contributed by atoms with Gasteiger partial charge in [0.15, 0.2) is 0 Å². The molecule has 0 unspecified atom stereocenters. The highest BCUT2D eigenvalue weighted by Gasteiger charge is 2.25. The maximum atomic E-state index is 11.8. The number of amides is 2. The minimum Gasteiger partial charge on any atom is -0.444 e. The van der Waals surface area contributed by atoms with Gasteiger partial charge >= 0.3 is 6.09 Å². The zero-order valence-electron chi connectivity index (χ0n) is 17.6. The van der Waals surface area contributed by atoms with Crippen LogP contribution in [0.4, 0.5) is 4.79 Å². The molecule has 1 aliphatic rings. The van der Waals surface area contributed by atoms with Gasteiger partial charge in [-0.15, -0.1) is 12.8 Å². The molecule has 0 aromatic rings. The highest BCUT2D eigenvalue weighted by molar-refractivity contribution is 5.82. The zero-order valence-corrected chi connectivity index (χ0v) is 17.6. The van der Waals surface area contributed by atoms with Crippen LogP contribution >= 0.6 is 0 Å². The van der Waals surface area contributed by atoms with Crippen LogP contribution in [0.3, 0.4) is 0 Å². The summed E-state index contributed by atoms with van der Waals surface area (Å²) in [5.41, 5.74) is -0.534. The summed E-state index contributed by atoms with van der Waals surface area (Å²) in [6, 6.07) is 0. The molecule has 1 atom stereocenters. The van der Waals surface area contributed by atoms with Gasteiger partial charge in [-0.3, -0.25) is 4.79 Å². The van der Waals surface area contributed by atoms with Gasteiger partial charge < -0.3 is 15.0 Å². The monoisotopic (exact) mass is 356 g/mol. The Kier molecular flexibility index (Phi) is 19.3. The molecule has 0 aliphatic carbocycles. The predicted octanol–water partition coefficient (Wildman–Crippen LogP) is 4.46. The maximum absolute atomic E-state index is 11.8. The first kappa shape index (κ1) is 28.1. The van der Waals surface area contributed by atoms with Crippen LogP contribution in [-0.2, 0) is 9.53 Å². The summed E-state index contributed by atoms with van der Waals surface area (Å²) in [6.45, 7) is 17.4. The van der Waals surface area contributed by atoms with Gasteiger partial charge in [-0.1, -0.05) is 47.5 Å². The molecule has 0 radical (unpaired) electrons. The molecule has 0 bridgehead atoms. The summed E-state index contributed by atoms with van der Waals surface area (Å²) in [4.78, 5) is 25.0. The van der Waals surface area contributed by atoms with E-state index < -0.39 is 11.7 Å². The Labute approximate surface area is 155 Å². The van der Waals surface area contributed by atoms with Crippen molar-refractivity contribution < 1.29 is 14.3 Å². The van der Waals surface area contributed by atoms with E-state index in [1.807, 2.05) is 18.7 Å². The van der Waals surface area contributed by atoms with E-state index in [1.54, 1.807) is 20.8 Å². The molecule has 1 saturated heterocycles. The number of ether oxygens (including phenoxy) is 1. The van der Waals surface area contributed by atoms with E-state index in [1.165, 1.54) is 6.42 Å². The molecule has 148 valence electrons. The summed E-state index contributed by atoms with van der Waals surface area (Å²) < 4.78 is 5.07. The lowest BCUT2D eigenvalue weighted by Crippen LogP contribution is -2.41. The first-order chi connectivity index (χ1) is 11.7. The molecule has 1 N–H and O–H groups in total. The number of terminal acetylenes is 1. The third kappa shape index (κ3) is 16.9. The highest BCUT2D eigenvalue weighted by Crippen LogP contribution is 2.18. The van der Waals surface area contributed by atoms with Gasteiger partial charge in [0.05, 0.1) is 0 Å². The van der Waals surface area contributed by atoms with E-state index in [2.05, 4.69) is 38.9 Å². The molecule has 1 rings (SSSR count). The minimum atomic E-state index is -0.540. The van der Waals surface area contributed by atoms with E-state index in [0.29, 0.717) is 5.92 Å². The lowest BCUT2D eigenvalue weighted by molar-refractivity contribution is -0.129. The van der Waals surface area contributed by atoms with Crippen molar-refractivity contribution in [3.8, 4) is 12.8 Å². The number of nitrogens with zero attached hydrogens (tertiary/aromatic N) is 1. The van der Waals surface area contributed by atoms with Gasteiger partial charge in [-0.2, -0.15) is 0 Å². The predicted molar refractivity (Wildman–Crippen MR) is 106 cm³/mol. The lowest BCUT2D eigenvalue weighted by Gasteiger charge is -2.21. The average molecular weight is 357 g/mol. The van der Waals surface area contributed by atoms with Crippen molar-refractivity contribution in [3.63, 3.8) is 0 Å². The van der Waals surface area contributed by atoms with Crippen LogP contribution in [0.15, 0.2) is 0 Å². The molecule has 1 aliphatic heterocycles. The Morgan fingerprint density at radius 2 is 1.64 bits per heavy atom. The van der Waals surface area contributed by atoms with Crippen LogP contribution in [0.2, 0.25) is 0 Å². The number of hydrogen-bond acceptors (Lipinski definition) is 3. The fourth-order valence-electron chi connectivity index (χ4n) is 1.97. The summed E-state index contributed by atoms with van der Waals surface area (Å²) in [5, 5.41) is 2.50. The standard InChI is InChI=1S/C13H24N2O3.C3H8.C2H6.C2H2/c1-5-10-6-7-15(9-10)11(16)8-14-12(17)18-13(2,3)4;1-3-2;2*1-2/h10H,5-9H2,1-4H3,(H,14,17);3H2,1-2H3;1-2H3;1-2H/t10-;;;/m1.../s1. The average Bonchev–Trinajstić information content (AvgIpc) is 3.05. The molecule has 0 spiro atoms. The Morgan fingerprint density at radius 3 is 2.00 bits per heavy atom. The number of nitrogens with one attached hydrogen (secondary N) is 1. The van der Waals surface area contributed by atoms with Gasteiger partial charge in [0.1, 0.15) is 12.1 Å². The zero-order chi connectivity index (χ0) is 20.5. The quantitative estimate of drug-likeness (QED) is 0.759. The van der Waals surface area contributed by atoms with Gasteiger partial charge in [0, 0.05) is 13.1 Å². The minimum absolute atomic E-state index is 0.0192. The molecule has 5 heteroatoms. The van der Waals surface area contributed by atoms with E-state index in [9.17, 15) is 9.59 Å². The number of carbonyl (C=O) groups is 2. The van der Waals surface area contributed by atoms with Gasteiger partial charge in [0.25, 0.3) is 0 Å². The Balaban J connectivity index is -0.000000605. The van der Waals surface area contributed by atoms with Crippen molar-refractivity contribution in [3.05, 3.63) is 0 Å². The normalized spacial score (nSPS) is 15.3. The SMILES string of the molecule is C#C.CC.CCC.CC[C@@H]1CCN(C(=O)CNC(=O)OC(C)(C)C)C1. The van der Waals surface area contributed by atoms with Crippen LogP contribution in [0.1, 0.15) is 74.7 Å². The first-order valence-corrected chi connectivity index (χ1v) is 9.31. The molecule has 0 aromatic heterocycles. The lowest BCUT2D eigenvalue weighted by atomic mass is 10.1. The first-order valence-electron chi connectivity index (χ1n) is 9.31. The number of carbonyl (C=O) groups excluding carboxylic acids is 2. The van der Waals surface area contributed by atoms with Crippen molar-refractivity contribution in [2.45, 2.75) is 80.3 Å². The Hall–Kier alpha value is -1.70. The van der Waals surface area contributed by atoms with Gasteiger partial charge in [-0.05, 0) is 33.1 Å². The van der Waals surface area contributed by atoms with Crippen LogP contribution in [0.5, 0.6) is 0 Å². The van der Waals surface area contributed by atoms with Crippen molar-refractivity contribution in [1.29, 1.82) is 0 Å². The molecule has 1 heterocycles. The number of alkyl carbamates (subject to hydrolysis) is 1. The molecular formula is C20H40N2O3. The van der Waals surface area contributed by atoms with Crippen LogP contribution in [0, 0.1) is 18.8 Å². The number of rotatable bonds is 3. The van der Waals surface area contributed by atoms with Crippen LogP contribution in [0.25, 0.3) is 0 Å². The van der Waals surface area contributed by atoms with Gasteiger partial charge in [0.2, 0.25) is 5.91 Å². The molecule has 5 nitrogen and oxygen atoms in total. The van der Waals surface area contributed by atoms with Crippen LogP contribution < -0.4 is 5.32 Å². The summed E-state index contributed by atoms with van der Waals surface area (Å²) in [6.07, 6.45) is 10.9. The molecule has 25 heavy (non-hydrogen) atoms. The summed E-state index contributed by atoms with van der Waals surface area (Å²) in [5.74, 6) is 0.576. The van der Waals surface area contributed by atoms with Crippen molar-refractivity contribution in [1.82, 2.24) is 10.2 Å². The van der Waals surface area contributed by atoms with Gasteiger partial charge in [-0.25, -0.2) is 4.79 Å². The molecule has 1 fully saturated rings. The third-order valence-corrected chi connectivity index (χ3v) is 3.00. The molecule has 2 amide bonds. The van der Waals surface area contributed by atoms with Crippen molar-refractivity contribution in [2.24, 2.45) is 5.92 Å². The second kappa shape index (κ2) is 17.1. The smallest absolute Gasteiger partial charge is 0.408 e. The Bertz CT molecular complexity index is 360. The second-order valence-corrected chi connectivity index (χ2v) is 6.47. The van der Waals surface area contributed by atoms with E-state index in [4.69, 9.17) is 4.74 Å². The van der Waals surface area contributed by atoms with Crippen molar-refractivity contribution >= 4 is 12.0 Å². The topological polar surface area (TPSA) is 58.6 Å². The number of likely N-dealkylation sites (tertiary alicyclic amines) is 1. The summed E-state index contributed by atoms with van der Waals surface area (Å²) >= 11 is 0. The maximum Gasteiger partial charge on any atom is 0.408 e. The number of hydrogen-bond donors (Lipinski definition) is 1. The van der Waals surface area contributed by atoms with Crippen LogP contribution in [-0.4, -0.2) is 42.1 Å². The van der Waals surface area contributed by atoms with Crippen molar-refractivity contribution in [2.75, 3.05) is 19.6 Å². The fraction of sp³-hybridized carbons (Fsp3) is 0.800. The molecular weight excluding hydrogens is 316 g/mol. The highest BCUT2D eigenvalue weighted by atomic mass is 16.6. The summed E-state index contributed by atoms with van der Waals surface area (Å²) in [7, 11) is 0. The Morgan fingerprint density at radius 1 is 1.16 bits per heavy atom. The fourth-order valence-corrected chi connectivity index (χ4v) is 1.97. The molecule has 0 saturated carbocycles. The molecule has 0 aromatic carbocycles. The second-order valence-electron chi connectivity index (χ2n) is 6.47. The van der Waals surface area contributed by atoms with E-state index >= 15 is 0 Å². The van der Waals surface area contributed by atoms with E-state index in [0.717, 1.165) is 25.9 Å².